The Hall–Kier alpha value is -4.07. The van der Waals surface area contributed by atoms with Crippen LogP contribution in [-0.4, -0.2) is 0 Å². The Morgan fingerprint density at radius 3 is 1.18 bits per heavy atom. The van der Waals surface area contributed by atoms with E-state index in [1.165, 1.54) is 24.3 Å². The van der Waals surface area contributed by atoms with Gasteiger partial charge in [-0.3, -0.25) is 0 Å². The molecule has 4 rings (SSSR count). The first-order valence-corrected chi connectivity index (χ1v) is 12.5. The van der Waals surface area contributed by atoms with E-state index in [4.69, 9.17) is 0 Å². The summed E-state index contributed by atoms with van der Waals surface area (Å²) in [4.78, 5) is 0.143. The first-order valence-electron chi connectivity index (χ1n) is 11.7. The molecule has 0 heterocycles. The third-order valence-corrected chi connectivity index (χ3v) is 6.77. The maximum Gasteiger partial charge on any atom is 0.417 e. The molecule has 0 amide bonds. The second-order valence-corrected chi connectivity index (χ2v) is 9.77. The molecule has 196 valence electrons. The summed E-state index contributed by atoms with van der Waals surface area (Å²) in [5.74, 6) is 10.8. The molecule has 0 spiro atoms. The van der Waals surface area contributed by atoms with Crippen LogP contribution in [0.25, 0.3) is 0 Å². The molecular weight excluding hydrogens is 530 g/mol. The molecule has 4 aromatic rings. The van der Waals surface area contributed by atoms with Crippen LogP contribution in [0.2, 0.25) is 0 Å². The lowest BCUT2D eigenvalue weighted by molar-refractivity contribution is -0.138. The van der Waals surface area contributed by atoms with Gasteiger partial charge in [0.1, 0.15) is 0 Å². The van der Waals surface area contributed by atoms with Gasteiger partial charge in [0.15, 0.2) is 0 Å². The average molecular weight is 551 g/mol. The smallest absolute Gasteiger partial charge is 0.166 e. The molecule has 0 aromatic heterocycles. The van der Waals surface area contributed by atoms with Crippen LogP contribution in [0.1, 0.15) is 44.5 Å². The number of alkyl halides is 6. The largest absolute Gasteiger partial charge is 0.417 e. The van der Waals surface area contributed by atoms with E-state index in [1.807, 2.05) is 13.8 Å². The highest BCUT2D eigenvalue weighted by molar-refractivity contribution is 7.99. The first-order chi connectivity index (χ1) is 18.4. The fraction of sp³-hybridized carbons (Fsp3) is 0.125. The van der Waals surface area contributed by atoms with E-state index >= 15 is 0 Å². The van der Waals surface area contributed by atoms with E-state index in [0.29, 0.717) is 11.1 Å². The van der Waals surface area contributed by atoms with Gasteiger partial charge in [-0.25, -0.2) is 0 Å². The molecular formula is C32H20F6S. The molecule has 0 radical (unpaired) electrons. The van der Waals surface area contributed by atoms with Crippen molar-refractivity contribution in [3.8, 4) is 23.7 Å². The van der Waals surface area contributed by atoms with Crippen molar-refractivity contribution in [2.75, 3.05) is 0 Å². The summed E-state index contributed by atoms with van der Waals surface area (Å²) < 4.78 is 83.6. The second-order valence-electron chi connectivity index (χ2n) is 8.69. The summed E-state index contributed by atoms with van der Waals surface area (Å²) in [5.41, 5.74) is 0.399. The second kappa shape index (κ2) is 11.4. The molecule has 4 aromatic carbocycles. The lowest BCUT2D eigenvalue weighted by atomic mass is 10.1. The van der Waals surface area contributed by atoms with E-state index in [9.17, 15) is 26.3 Å². The Kier molecular flexibility index (Phi) is 8.14. The van der Waals surface area contributed by atoms with Gasteiger partial charge < -0.3 is 0 Å². The molecule has 7 heteroatoms. The molecule has 0 N–H and O–H groups in total. The van der Waals surface area contributed by atoms with Crippen molar-refractivity contribution < 1.29 is 26.3 Å². The average Bonchev–Trinajstić information content (AvgIpc) is 2.87. The summed E-state index contributed by atoms with van der Waals surface area (Å²) in [6.07, 6.45) is -9.43. The lowest BCUT2D eigenvalue weighted by Gasteiger charge is -2.15. The van der Waals surface area contributed by atoms with E-state index < -0.39 is 23.5 Å². The maximum absolute atomic E-state index is 13.9. The summed E-state index contributed by atoms with van der Waals surface area (Å²) in [6.45, 7) is 3.75. The zero-order valence-corrected chi connectivity index (χ0v) is 21.6. The van der Waals surface area contributed by atoms with E-state index in [0.717, 1.165) is 35.0 Å². The Labute approximate surface area is 227 Å². The molecule has 0 fully saturated rings. The predicted octanol–water partition coefficient (Wildman–Crippen LogP) is 9.29. The highest BCUT2D eigenvalue weighted by Crippen LogP contribution is 2.42. The van der Waals surface area contributed by atoms with Crippen LogP contribution in [0.3, 0.4) is 0 Å². The molecule has 0 aliphatic carbocycles. The van der Waals surface area contributed by atoms with Crippen molar-refractivity contribution >= 4 is 11.8 Å². The summed E-state index contributed by atoms with van der Waals surface area (Å²) in [6, 6.07) is 21.0. The Bertz CT molecular complexity index is 1480. The zero-order valence-electron chi connectivity index (χ0n) is 20.8. The van der Waals surface area contributed by atoms with Gasteiger partial charge in [0.25, 0.3) is 0 Å². The standard InChI is InChI=1S/C32H20F6S/c1-21-9-13-23(14-10-21)17-19-25-27(31(33,34)35)5-3-7-29(25)39-30-8-4-6-28(32(36,37)38)26(30)20-18-24-15-11-22(2)12-16-24/h3-16H,1-2H3. The Balaban J connectivity index is 1.85. The number of aryl methyl sites for hydroxylation is 2. The number of hydrogen-bond acceptors (Lipinski definition) is 1. The SMILES string of the molecule is Cc1ccc(C#Cc2c(Sc3cccc(C(F)(F)F)c3C#Cc3ccc(C)cc3)cccc2C(F)(F)F)cc1. The molecule has 0 nitrogen and oxygen atoms in total. The van der Waals surface area contributed by atoms with Crippen molar-refractivity contribution in [3.63, 3.8) is 0 Å². The monoisotopic (exact) mass is 550 g/mol. The van der Waals surface area contributed by atoms with E-state index in [1.54, 1.807) is 48.5 Å². The van der Waals surface area contributed by atoms with Crippen molar-refractivity contribution in [1.82, 2.24) is 0 Å². The molecule has 0 saturated carbocycles. The molecule has 0 bridgehead atoms. The summed E-state index contributed by atoms with van der Waals surface area (Å²) >= 11 is 0.772. The van der Waals surface area contributed by atoms with Crippen molar-refractivity contribution in [3.05, 3.63) is 129 Å². The number of rotatable bonds is 2. The minimum atomic E-state index is -4.71. The van der Waals surface area contributed by atoms with Crippen LogP contribution < -0.4 is 0 Å². The van der Waals surface area contributed by atoms with Crippen LogP contribution in [0.4, 0.5) is 26.3 Å². The van der Waals surface area contributed by atoms with Crippen LogP contribution in [0, 0.1) is 37.5 Å². The fourth-order valence-corrected chi connectivity index (χ4v) is 4.68. The van der Waals surface area contributed by atoms with E-state index in [-0.39, 0.29) is 20.9 Å². The van der Waals surface area contributed by atoms with Gasteiger partial charge >= 0.3 is 12.4 Å². The number of benzene rings is 4. The normalized spacial score (nSPS) is 11.3. The number of halogens is 6. The molecule has 39 heavy (non-hydrogen) atoms. The minimum absolute atomic E-state index is 0.0714. The van der Waals surface area contributed by atoms with Gasteiger partial charge in [0.2, 0.25) is 0 Å². The molecule has 0 unspecified atom stereocenters. The zero-order chi connectivity index (χ0) is 28.2. The van der Waals surface area contributed by atoms with Gasteiger partial charge in [-0.2, -0.15) is 26.3 Å². The first kappa shape index (κ1) is 28.0. The highest BCUT2D eigenvalue weighted by atomic mass is 32.2. The molecule has 0 atom stereocenters. The quantitative estimate of drug-likeness (QED) is 0.177. The van der Waals surface area contributed by atoms with Crippen molar-refractivity contribution in [2.45, 2.75) is 36.0 Å². The predicted molar refractivity (Wildman–Crippen MR) is 141 cm³/mol. The Morgan fingerprint density at radius 1 is 0.487 bits per heavy atom. The van der Waals surface area contributed by atoms with Crippen LogP contribution in [0.5, 0.6) is 0 Å². The van der Waals surface area contributed by atoms with Gasteiger partial charge in [0, 0.05) is 20.9 Å². The summed E-state index contributed by atoms with van der Waals surface area (Å²) in [7, 11) is 0. The lowest BCUT2D eigenvalue weighted by Crippen LogP contribution is -2.09. The third-order valence-electron chi connectivity index (χ3n) is 5.65. The van der Waals surface area contributed by atoms with E-state index in [2.05, 4.69) is 23.7 Å². The van der Waals surface area contributed by atoms with Crippen LogP contribution in [-0.2, 0) is 12.4 Å². The van der Waals surface area contributed by atoms with Crippen molar-refractivity contribution in [2.24, 2.45) is 0 Å². The molecule has 0 saturated heterocycles. The maximum atomic E-state index is 13.9. The fourth-order valence-electron chi connectivity index (χ4n) is 3.62. The van der Waals surface area contributed by atoms with Gasteiger partial charge in [0.05, 0.1) is 22.3 Å². The van der Waals surface area contributed by atoms with Gasteiger partial charge in [-0.05, 0) is 62.4 Å². The number of hydrogen-bond donors (Lipinski definition) is 0. The molecule has 0 aliphatic rings. The van der Waals surface area contributed by atoms with Gasteiger partial charge in [-0.1, -0.05) is 83.0 Å². The topological polar surface area (TPSA) is 0 Å². The summed E-state index contributed by atoms with van der Waals surface area (Å²) in [5, 5.41) is 0. The highest BCUT2D eigenvalue weighted by Gasteiger charge is 2.36. The van der Waals surface area contributed by atoms with Crippen LogP contribution in [0.15, 0.2) is 94.7 Å². The van der Waals surface area contributed by atoms with Crippen LogP contribution >= 0.6 is 11.8 Å². The minimum Gasteiger partial charge on any atom is -0.166 e. The third kappa shape index (κ3) is 7.07. The van der Waals surface area contributed by atoms with Crippen molar-refractivity contribution in [1.29, 1.82) is 0 Å². The van der Waals surface area contributed by atoms with Gasteiger partial charge in [-0.15, -0.1) is 0 Å². The Morgan fingerprint density at radius 2 is 0.846 bits per heavy atom. The molecule has 0 aliphatic heterocycles.